The Morgan fingerprint density at radius 2 is 2.05 bits per heavy atom. The van der Waals surface area contributed by atoms with Crippen LogP contribution >= 0.6 is 0 Å². The Morgan fingerprint density at radius 1 is 1.35 bits per heavy atom. The van der Waals surface area contributed by atoms with Gasteiger partial charge in [0.25, 0.3) is 0 Å². The molecular weight excluding hydrogens is 284 g/mol. The predicted molar refractivity (Wildman–Crippen MR) is 71.9 cm³/mol. The van der Waals surface area contributed by atoms with Crippen LogP contribution < -0.4 is 19.5 Å². The molecule has 20 heavy (non-hydrogen) atoms. The van der Waals surface area contributed by atoms with Crippen molar-refractivity contribution in [2.75, 3.05) is 13.0 Å². The Labute approximate surface area is 117 Å². The molecule has 0 radical (unpaired) electrons. The third-order valence-corrected chi connectivity index (χ3v) is 3.47. The number of fused-ring (bicyclic) bond motifs is 1. The molecule has 2 N–H and O–H groups in total. The number of amides is 1. The van der Waals surface area contributed by atoms with E-state index in [1.807, 2.05) is 6.07 Å². The van der Waals surface area contributed by atoms with Gasteiger partial charge in [0.2, 0.25) is 22.7 Å². The van der Waals surface area contributed by atoms with Crippen LogP contribution in [0.15, 0.2) is 18.2 Å². The number of carbonyl (C=O) groups is 1. The molecule has 1 aromatic carbocycles. The molecule has 1 aromatic rings. The first kappa shape index (κ1) is 14.6. The monoisotopic (exact) mass is 300 g/mol. The second-order valence-electron chi connectivity index (χ2n) is 4.52. The topological polar surface area (TPSA) is 93.7 Å². The SMILES string of the molecule is C[C@@H](NS(C)(=O)=O)C(=O)NCc1ccc2c(c1)OCO2. The highest BCUT2D eigenvalue weighted by molar-refractivity contribution is 7.88. The zero-order chi connectivity index (χ0) is 14.8. The van der Waals surface area contributed by atoms with E-state index in [-0.39, 0.29) is 13.3 Å². The van der Waals surface area contributed by atoms with Gasteiger partial charge in [0.15, 0.2) is 11.5 Å². The minimum atomic E-state index is -3.41. The third kappa shape index (κ3) is 3.84. The van der Waals surface area contributed by atoms with Crippen LogP contribution in [0.4, 0.5) is 0 Å². The average Bonchev–Trinajstić information content (AvgIpc) is 2.81. The molecule has 1 aliphatic heterocycles. The van der Waals surface area contributed by atoms with Crippen molar-refractivity contribution in [3.05, 3.63) is 23.8 Å². The van der Waals surface area contributed by atoms with Crippen molar-refractivity contribution in [2.24, 2.45) is 0 Å². The van der Waals surface area contributed by atoms with Gasteiger partial charge < -0.3 is 14.8 Å². The molecule has 110 valence electrons. The van der Waals surface area contributed by atoms with E-state index in [1.54, 1.807) is 12.1 Å². The van der Waals surface area contributed by atoms with Crippen molar-refractivity contribution < 1.29 is 22.7 Å². The number of rotatable bonds is 5. The van der Waals surface area contributed by atoms with Crippen LogP contribution in [-0.2, 0) is 21.4 Å². The Balaban J connectivity index is 1.90. The zero-order valence-corrected chi connectivity index (χ0v) is 12.0. The number of hydrogen-bond donors (Lipinski definition) is 2. The molecule has 0 bridgehead atoms. The Hall–Kier alpha value is -1.80. The van der Waals surface area contributed by atoms with E-state index in [9.17, 15) is 13.2 Å². The summed E-state index contributed by atoms with van der Waals surface area (Å²) in [5, 5.41) is 2.65. The summed E-state index contributed by atoms with van der Waals surface area (Å²) in [6, 6.07) is 4.53. The molecule has 0 saturated carbocycles. The summed E-state index contributed by atoms with van der Waals surface area (Å²) in [5.41, 5.74) is 0.842. The number of sulfonamides is 1. The lowest BCUT2D eigenvalue weighted by Crippen LogP contribution is -2.44. The summed E-state index contributed by atoms with van der Waals surface area (Å²) >= 11 is 0. The molecule has 1 amide bonds. The van der Waals surface area contributed by atoms with Gasteiger partial charge in [0.05, 0.1) is 12.3 Å². The highest BCUT2D eigenvalue weighted by Gasteiger charge is 2.17. The summed E-state index contributed by atoms with van der Waals surface area (Å²) in [5.74, 6) is 0.916. The summed E-state index contributed by atoms with van der Waals surface area (Å²) < 4.78 is 34.7. The fourth-order valence-electron chi connectivity index (χ4n) is 1.77. The van der Waals surface area contributed by atoms with Gasteiger partial charge in [0.1, 0.15) is 0 Å². The average molecular weight is 300 g/mol. The van der Waals surface area contributed by atoms with Gasteiger partial charge in [-0.3, -0.25) is 4.79 Å². The van der Waals surface area contributed by atoms with E-state index < -0.39 is 22.0 Å². The van der Waals surface area contributed by atoms with Gasteiger partial charge in [-0.15, -0.1) is 0 Å². The van der Waals surface area contributed by atoms with E-state index >= 15 is 0 Å². The van der Waals surface area contributed by atoms with Gasteiger partial charge >= 0.3 is 0 Å². The van der Waals surface area contributed by atoms with Crippen LogP contribution in [0.2, 0.25) is 0 Å². The molecule has 7 nitrogen and oxygen atoms in total. The van der Waals surface area contributed by atoms with Crippen molar-refractivity contribution in [2.45, 2.75) is 19.5 Å². The van der Waals surface area contributed by atoms with E-state index in [0.717, 1.165) is 11.8 Å². The van der Waals surface area contributed by atoms with Gasteiger partial charge in [-0.1, -0.05) is 6.07 Å². The molecule has 0 unspecified atom stereocenters. The molecule has 0 aliphatic carbocycles. The van der Waals surface area contributed by atoms with E-state index in [2.05, 4.69) is 10.0 Å². The number of hydrogen-bond acceptors (Lipinski definition) is 5. The maximum atomic E-state index is 11.7. The second-order valence-corrected chi connectivity index (χ2v) is 6.30. The van der Waals surface area contributed by atoms with Crippen LogP contribution in [0.25, 0.3) is 0 Å². The van der Waals surface area contributed by atoms with E-state index in [0.29, 0.717) is 11.5 Å². The number of nitrogens with one attached hydrogen (secondary N) is 2. The van der Waals surface area contributed by atoms with Crippen LogP contribution in [0.1, 0.15) is 12.5 Å². The molecule has 0 aromatic heterocycles. The Kier molecular flexibility index (Phi) is 4.15. The first-order valence-corrected chi connectivity index (χ1v) is 7.88. The molecular formula is C12H16N2O5S. The Morgan fingerprint density at radius 3 is 2.75 bits per heavy atom. The first-order chi connectivity index (χ1) is 9.35. The second kappa shape index (κ2) is 5.68. The molecule has 2 rings (SSSR count). The number of carbonyl (C=O) groups excluding carboxylic acids is 1. The smallest absolute Gasteiger partial charge is 0.238 e. The Bertz CT molecular complexity index is 614. The van der Waals surface area contributed by atoms with Crippen molar-refractivity contribution >= 4 is 15.9 Å². The first-order valence-electron chi connectivity index (χ1n) is 5.99. The molecule has 1 atom stereocenters. The molecule has 1 aliphatic rings. The zero-order valence-electron chi connectivity index (χ0n) is 11.2. The van der Waals surface area contributed by atoms with Gasteiger partial charge in [0, 0.05) is 6.54 Å². The number of benzene rings is 1. The normalized spacial score (nSPS) is 14.9. The quantitative estimate of drug-likeness (QED) is 0.796. The minimum Gasteiger partial charge on any atom is -0.454 e. The molecule has 1 heterocycles. The standard InChI is InChI=1S/C12H16N2O5S/c1-8(14-20(2,16)17)12(15)13-6-9-3-4-10-11(5-9)19-7-18-10/h3-5,8,14H,6-7H2,1-2H3,(H,13,15)/t8-/m1/s1. The minimum absolute atomic E-state index is 0.195. The van der Waals surface area contributed by atoms with Gasteiger partial charge in [-0.25, -0.2) is 13.1 Å². The summed E-state index contributed by atoms with van der Waals surface area (Å²) in [7, 11) is -3.41. The fourth-order valence-corrected chi connectivity index (χ4v) is 2.52. The van der Waals surface area contributed by atoms with Crippen molar-refractivity contribution in [3.8, 4) is 11.5 Å². The highest BCUT2D eigenvalue weighted by atomic mass is 32.2. The van der Waals surface area contributed by atoms with Crippen LogP contribution in [0.3, 0.4) is 0 Å². The van der Waals surface area contributed by atoms with Crippen molar-refractivity contribution in [1.29, 1.82) is 0 Å². The summed E-state index contributed by atoms with van der Waals surface area (Å²) in [4.78, 5) is 11.7. The lowest BCUT2D eigenvalue weighted by molar-refractivity contribution is -0.122. The highest BCUT2D eigenvalue weighted by Crippen LogP contribution is 2.32. The maximum Gasteiger partial charge on any atom is 0.238 e. The predicted octanol–water partition coefficient (Wildman–Crippen LogP) is -0.0308. The van der Waals surface area contributed by atoms with Crippen molar-refractivity contribution in [1.82, 2.24) is 10.0 Å². The van der Waals surface area contributed by atoms with Crippen LogP contribution in [-0.4, -0.2) is 33.4 Å². The van der Waals surface area contributed by atoms with E-state index in [4.69, 9.17) is 9.47 Å². The fraction of sp³-hybridized carbons (Fsp3) is 0.417. The molecule has 0 spiro atoms. The van der Waals surface area contributed by atoms with Crippen molar-refractivity contribution in [3.63, 3.8) is 0 Å². The van der Waals surface area contributed by atoms with Crippen LogP contribution in [0.5, 0.6) is 11.5 Å². The van der Waals surface area contributed by atoms with Gasteiger partial charge in [-0.05, 0) is 24.6 Å². The van der Waals surface area contributed by atoms with Gasteiger partial charge in [-0.2, -0.15) is 0 Å². The summed E-state index contributed by atoms with van der Waals surface area (Å²) in [6.45, 7) is 1.96. The lowest BCUT2D eigenvalue weighted by atomic mass is 10.2. The maximum absolute atomic E-state index is 11.7. The lowest BCUT2D eigenvalue weighted by Gasteiger charge is -2.12. The largest absolute Gasteiger partial charge is 0.454 e. The van der Waals surface area contributed by atoms with E-state index in [1.165, 1.54) is 6.92 Å². The number of ether oxygens (including phenoxy) is 2. The molecule has 0 fully saturated rings. The third-order valence-electron chi connectivity index (χ3n) is 2.69. The molecule has 8 heteroatoms. The van der Waals surface area contributed by atoms with Crippen LogP contribution in [0, 0.1) is 0 Å². The summed E-state index contributed by atoms with van der Waals surface area (Å²) in [6.07, 6.45) is 1.01. The molecule has 0 saturated heterocycles.